The van der Waals surface area contributed by atoms with Crippen LogP contribution in [0.15, 0.2) is 53.8 Å². The Hall–Kier alpha value is -1.94. The van der Waals surface area contributed by atoms with Gasteiger partial charge >= 0.3 is 0 Å². The van der Waals surface area contributed by atoms with Gasteiger partial charge in [0, 0.05) is 17.6 Å². The highest BCUT2D eigenvalue weighted by molar-refractivity contribution is 6.05. The summed E-state index contributed by atoms with van der Waals surface area (Å²) in [4.78, 5) is 6.29. The van der Waals surface area contributed by atoms with Crippen LogP contribution in [0.1, 0.15) is 6.92 Å². The van der Waals surface area contributed by atoms with Crippen molar-refractivity contribution in [1.82, 2.24) is 5.32 Å². The van der Waals surface area contributed by atoms with E-state index in [9.17, 15) is 4.39 Å². The van der Waals surface area contributed by atoms with Gasteiger partial charge in [0.05, 0.1) is 6.04 Å². The molecule has 0 spiro atoms. The molecule has 1 heterocycles. The van der Waals surface area contributed by atoms with E-state index in [1.807, 2.05) is 24.9 Å². The normalized spacial score (nSPS) is 16.7. The van der Waals surface area contributed by atoms with E-state index < -0.39 is 0 Å². The Kier molecular flexibility index (Phi) is 3.58. The fraction of sp³-hybridized carbons (Fsp3) is 0.214. The molecule has 1 unspecified atom stereocenters. The molecule has 1 N–H and O–H groups in total. The minimum Gasteiger partial charge on any atom is -0.311 e. The van der Waals surface area contributed by atoms with E-state index in [1.54, 1.807) is 18.3 Å². The van der Waals surface area contributed by atoms with Crippen molar-refractivity contribution < 1.29 is 4.39 Å². The SMILES string of the molecule is C=C1C=CN=C(C(C)NC)N1c1ccc(F)cc1. The number of anilines is 1. The van der Waals surface area contributed by atoms with Crippen molar-refractivity contribution in [1.29, 1.82) is 0 Å². The fourth-order valence-corrected chi connectivity index (χ4v) is 1.80. The summed E-state index contributed by atoms with van der Waals surface area (Å²) in [6.45, 7) is 6.01. The van der Waals surface area contributed by atoms with Gasteiger partial charge in [-0.1, -0.05) is 6.58 Å². The predicted octanol–water partition coefficient (Wildman–Crippen LogP) is 2.68. The molecule has 3 nitrogen and oxygen atoms in total. The second-order valence-electron chi connectivity index (χ2n) is 4.12. The molecule has 0 aromatic heterocycles. The number of hydrogen-bond acceptors (Lipinski definition) is 3. The van der Waals surface area contributed by atoms with Gasteiger partial charge in [-0.2, -0.15) is 0 Å². The van der Waals surface area contributed by atoms with Crippen LogP contribution in [0.5, 0.6) is 0 Å². The van der Waals surface area contributed by atoms with Crippen molar-refractivity contribution in [2.75, 3.05) is 11.9 Å². The molecule has 0 bridgehead atoms. The highest BCUT2D eigenvalue weighted by Gasteiger charge is 2.22. The van der Waals surface area contributed by atoms with Crippen molar-refractivity contribution in [3.05, 3.63) is 54.6 Å². The average molecular weight is 245 g/mol. The highest BCUT2D eigenvalue weighted by atomic mass is 19.1. The molecule has 1 aromatic rings. The molecule has 0 aliphatic carbocycles. The van der Waals surface area contributed by atoms with Crippen LogP contribution in [0.25, 0.3) is 0 Å². The molecule has 0 fully saturated rings. The van der Waals surface area contributed by atoms with Gasteiger partial charge in [0.25, 0.3) is 0 Å². The number of nitrogens with zero attached hydrogens (tertiary/aromatic N) is 2. The maximum atomic E-state index is 13.0. The third kappa shape index (κ3) is 2.33. The van der Waals surface area contributed by atoms with Crippen LogP contribution in [0.4, 0.5) is 10.1 Å². The second kappa shape index (κ2) is 5.14. The van der Waals surface area contributed by atoms with E-state index in [0.717, 1.165) is 17.2 Å². The van der Waals surface area contributed by atoms with Gasteiger partial charge in [0.15, 0.2) is 0 Å². The Bertz CT molecular complexity index is 502. The minimum absolute atomic E-state index is 0.0803. The fourth-order valence-electron chi connectivity index (χ4n) is 1.80. The summed E-state index contributed by atoms with van der Waals surface area (Å²) in [6, 6.07) is 6.39. The number of amidine groups is 1. The van der Waals surface area contributed by atoms with Crippen molar-refractivity contribution in [3.8, 4) is 0 Å². The average Bonchev–Trinajstić information content (AvgIpc) is 2.39. The molecular formula is C14H16FN3. The first-order valence-corrected chi connectivity index (χ1v) is 5.79. The topological polar surface area (TPSA) is 27.6 Å². The second-order valence-corrected chi connectivity index (χ2v) is 4.12. The lowest BCUT2D eigenvalue weighted by Crippen LogP contribution is -2.43. The number of likely N-dealkylation sites (N-methyl/N-ethyl adjacent to an activating group) is 1. The molecule has 0 saturated carbocycles. The number of halogens is 1. The van der Waals surface area contributed by atoms with Crippen molar-refractivity contribution in [3.63, 3.8) is 0 Å². The van der Waals surface area contributed by atoms with Gasteiger partial charge in [0.1, 0.15) is 11.7 Å². The highest BCUT2D eigenvalue weighted by Crippen LogP contribution is 2.23. The molecule has 18 heavy (non-hydrogen) atoms. The van der Waals surface area contributed by atoms with Crippen LogP contribution in [0.3, 0.4) is 0 Å². The summed E-state index contributed by atoms with van der Waals surface area (Å²) < 4.78 is 13.0. The third-order valence-corrected chi connectivity index (χ3v) is 2.90. The van der Waals surface area contributed by atoms with Crippen molar-refractivity contribution >= 4 is 11.5 Å². The number of allylic oxidation sites excluding steroid dienone is 1. The largest absolute Gasteiger partial charge is 0.311 e. The first-order valence-electron chi connectivity index (χ1n) is 5.79. The molecule has 1 aliphatic heterocycles. The molecule has 1 aromatic carbocycles. The monoisotopic (exact) mass is 245 g/mol. The van der Waals surface area contributed by atoms with Gasteiger partial charge in [-0.05, 0) is 44.3 Å². The summed E-state index contributed by atoms with van der Waals surface area (Å²) in [7, 11) is 1.87. The Labute approximate surface area is 106 Å². The Morgan fingerprint density at radius 2 is 2.00 bits per heavy atom. The van der Waals surface area contributed by atoms with E-state index in [1.165, 1.54) is 12.1 Å². The summed E-state index contributed by atoms with van der Waals surface area (Å²) in [5.41, 5.74) is 1.67. The summed E-state index contributed by atoms with van der Waals surface area (Å²) >= 11 is 0. The Morgan fingerprint density at radius 3 is 2.61 bits per heavy atom. The maximum absolute atomic E-state index is 13.0. The minimum atomic E-state index is -0.253. The zero-order valence-electron chi connectivity index (χ0n) is 10.5. The molecule has 0 amide bonds. The number of hydrogen-bond donors (Lipinski definition) is 1. The van der Waals surface area contributed by atoms with Crippen molar-refractivity contribution in [2.45, 2.75) is 13.0 Å². The molecule has 1 aliphatic rings. The summed E-state index contributed by atoms with van der Waals surface area (Å²) in [5.74, 6) is 0.591. The first-order chi connectivity index (χ1) is 8.63. The van der Waals surface area contributed by atoms with Gasteiger partial charge in [-0.25, -0.2) is 9.38 Å². The number of benzene rings is 1. The van der Waals surface area contributed by atoms with Crippen LogP contribution in [0.2, 0.25) is 0 Å². The lowest BCUT2D eigenvalue weighted by molar-refractivity contribution is 0.628. The van der Waals surface area contributed by atoms with Crippen molar-refractivity contribution in [2.24, 2.45) is 4.99 Å². The lowest BCUT2D eigenvalue weighted by atomic mass is 10.2. The number of nitrogens with one attached hydrogen (secondary N) is 1. The zero-order chi connectivity index (χ0) is 13.1. The zero-order valence-corrected chi connectivity index (χ0v) is 10.5. The summed E-state index contributed by atoms with van der Waals surface area (Å²) in [5, 5.41) is 3.14. The van der Waals surface area contributed by atoms with E-state index in [4.69, 9.17) is 0 Å². The van der Waals surface area contributed by atoms with Gasteiger partial charge < -0.3 is 5.32 Å². The van der Waals surface area contributed by atoms with Crippen LogP contribution < -0.4 is 10.2 Å². The first kappa shape index (κ1) is 12.5. The molecule has 94 valence electrons. The molecule has 1 atom stereocenters. The maximum Gasteiger partial charge on any atom is 0.130 e. The lowest BCUT2D eigenvalue weighted by Gasteiger charge is -2.31. The van der Waals surface area contributed by atoms with Crippen LogP contribution in [-0.4, -0.2) is 18.9 Å². The smallest absolute Gasteiger partial charge is 0.130 e. The van der Waals surface area contributed by atoms with E-state index >= 15 is 0 Å². The molecule has 0 saturated heterocycles. The Morgan fingerprint density at radius 1 is 1.33 bits per heavy atom. The van der Waals surface area contributed by atoms with Gasteiger partial charge in [-0.15, -0.1) is 0 Å². The predicted molar refractivity (Wildman–Crippen MR) is 73.1 cm³/mol. The molecule has 4 heteroatoms. The van der Waals surface area contributed by atoms with Crippen LogP contribution in [0, 0.1) is 5.82 Å². The Balaban J connectivity index is 2.39. The van der Waals surface area contributed by atoms with E-state index in [0.29, 0.717) is 0 Å². The molecular weight excluding hydrogens is 229 g/mol. The van der Waals surface area contributed by atoms with E-state index in [2.05, 4.69) is 16.9 Å². The standard InChI is InChI=1S/C14H16FN3/c1-10-8-9-17-14(11(2)16-3)18(10)13-6-4-12(15)5-7-13/h4-9,11,16H,1H2,2-3H3. The molecule has 0 radical (unpaired) electrons. The quantitative estimate of drug-likeness (QED) is 0.886. The summed E-state index contributed by atoms with van der Waals surface area (Å²) in [6.07, 6.45) is 3.56. The molecule has 2 rings (SSSR count). The van der Waals surface area contributed by atoms with Crippen LogP contribution in [-0.2, 0) is 0 Å². The van der Waals surface area contributed by atoms with Gasteiger partial charge in [0.2, 0.25) is 0 Å². The van der Waals surface area contributed by atoms with Crippen LogP contribution >= 0.6 is 0 Å². The third-order valence-electron chi connectivity index (χ3n) is 2.90. The number of aliphatic imine (C=N–C) groups is 1. The van der Waals surface area contributed by atoms with E-state index in [-0.39, 0.29) is 11.9 Å². The van der Waals surface area contributed by atoms with Gasteiger partial charge in [-0.3, -0.25) is 4.90 Å². The number of rotatable bonds is 3.